The number of ether oxygens (including phenoxy) is 3. The first-order valence-corrected chi connectivity index (χ1v) is 8.88. The van der Waals surface area contributed by atoms with Crippen molar-refractivity contribution in [2.75, 3.05) is 26.4 Å². The molecular weight excluding hydrogens is 350 g/mol. The fourth-order valence-corrected chi connectivity index (χ4v) is 2.91. The summed E-state index contributed by atoms with van der Waals surface area (Å²) in [4.78, 5) is 26.2. The van der Waals surface area contributed by atoms with Gasteiger partial charge in [0.2, 0.25) is 0 Å². The summed E-state index contributed by atoms with van der Waals surface area (Å²) in [5, 5.41) is 0. The van der Waals surface area contributed by atoms with Crippen LogP contribution in [-0.4, -0.2) is 43.1 Å². The van der Waals surface area contributed by atoms with E-state index >= 15 is 0 Å². The summed E-state index contributed by atoms with van der Waals surface area (Å²) in [7, 11) is 0. The predicted octanol–water partition coefficient (Wildman–Crippen LogP) is 2.87. The summed E-state index contributed by atoms with van der Waals surface area (Å²) < 4.78 is 21.6. The number of hydrogen-bond donors (Lipinski definition) is 0. The van der Waals surface area contributed by atoms with E-state index in [4.69, 9.17) is 18.6 Å². The summed E-state index contributed by atoms with van der Waals surface area (Å²) in [5.74, 6) is 1.67. The van der Waals surface area contributed by atoms with E-state index < -0.39 is 5.97 Å². The van der Waals surface area contributed by atoms with E-state index in [-0.39, 0.29) is 12.5 Å². The van der Waals surface area contributed by atoms with Crippen LogP contribution < -0.4 is 9.47 Å². The van der Waals surface area contributed by atoms with Crippen molar-refractivity contribution < 1.29 is 28.2 Å². The fourth-order valence-electron chi connectivity index (χ4n) is 2.91. The van der Waals surface area contributed by atoms with Crippen molar-refractivity contribution in [1.82, 2.24) is 4.90 Å². The maximum atomic E-state index is 12.5. The van der Waals surface area contributed by atoms with Gasteiger partial charge in [-0.1, -0.05) is 6.07 Å². The van der Waals surface area contributed by atoms with Crippen LogP contribution in [0.1, 0.15) is 34.4 Å². The molecule has 0 radical (unpaired) electrons. The lowest BCUT2D eigenvalue weighted by molar-refractivity contribution is -0.134. The molecule has 2 heterocycles. The number of aryl methyl sites for hydroxylation is 2. The number of esters is 1. The second-order valence-electron chi connectivity index (χ2n) is 6.29. The average Bonchev–Trinajstić information content (AvgIpc) is 3.02. The Labute approximate surface area is 157 Å². The van der Waals surface area contributed by atoms with Gasteiger partial charge in [-0.25, -0.2) is 4.79 Å². The van der Waals surface area contributed by atoms with Gasteiger partial charge in [-0.2, -0.15) is 0 Å². The number of nitrogens with zero attached hydrogens (tertiary/aromatic N) is 1. The number of hydrogen-bond acceptors (Lipinski definition) is 6. The Hall–Kier alpha value is -2.96. The molecule has 7 nitrogen and oxygen atoms in total. The average molecular weight is 373 g/mol. The molecule has 0 bridgehead atoms. The highest BCUT2D eigenvalue weighted by atomic mass is 16.6. The smallest absolute Gasteiger partial charge is 0.342 e. The molecule has 1 aliphatic rings. The Morgan fingerprint density at radius 1 is 1.11 bits per heavy atom. The summed E-state index contributed by atoms with van der Waals surface area (Å²) in [6.07, 6.45) is 0. The number of carbonyl (C=O) groups excluding carboxylic acids is 2. The third-order valence-electron chi connectivity index (χ3n) is 4.30. The van der Waals surface area contributed by atoms with Crippen LogP contribution in [0.4, 0.5) is 0 Å². The molecule has 0 atom stereocenters. The number of furan rings is 1. The second-order valence-corrected chi connectivity index (χ2v) is 6.29. The van der Waals surface area contributed by atoms with E-state index in [0.29, 0.717) is 54.9 Å². The zero-order valence-corrected chi connectivity index (χ0v) is 15.7. The summed E-state index contributed by atoms with van der Waals surface area (Å²) >= 11 is 0. The highest BCUT2D eigenvalue weighted by Crippen LogP contribution is 2.31. The highest BCUT2D eigenvalue weighted by molar-refractivity contribution is 5.92. The standard InChI is InChI=1S/C20H23NO6/c1-4-21(11-15-5-6-17-18(10-15)25-8-7-24-17)19(22)12-26-20(23)16-9-13(2)27-14(16)3/h5-6,9-10H,4,7-8,11-12H2,1-3H3. The van der Waals surface area contributed by atoms with Gasteiger partial charge in [0.25, 0.3) is 5.91 Å². The van der Waals surface area contributed by atoms with Crippen molar-refractivity contribution in [3.05, 3.63) is 46.9 Å². The molecule has 27 heavy (non-hydrogen) atoms. The number of fused-ring (bicyclic) bond motifs is 1. The molecule has 1 aliphatic heterocycles. The quantitative estimate of drug-likeness (QED) is 0.725. The van der Waals surface area contributed by atoms with Gasteiger partial charge in [-0.3, -0.25) is 4.79 Å². The lowest BCUT2D eigenvalue weighted by Gasteiger charge is -2.23. The monoisotopic (exact) mass is 373 g/mol. The van der Waals surface area contributed by atoms with Crippen LogP contribution in [0.25, 0.3) is 0 Å². The maximum absolute atomic E-state index is 12.5. The van der Waals surface area contributed by atoms with Gasteiger partial charge in [-0.15, -0.1) is 0 Å². The SMILES string of the molecule is CCN(Cc1ccc2c(c1)OCCO2)C(=O)COC(=O)c1cc(C)oc1C. The molecule has 0 saturated heterocycles. The summed E-state index contributed by atoms with van der Waals surface area (Å²) in [6.45, 7) is 6.93. The van der Waals surface area contributed by atoms with E-state index in [1.165, 1.54) is 0 Å². The first-order chi connectivity index (χ1) is 13.0. The van der Waals surface area contributed by atoms with Gasteiger partial charge >= 0.3 is 5.97 Å². The molecule has 0 unspecified atom stereocenters. The molecule has 144 valence electrons. The first-order valence-electron chi connectivity index (χ1n) is 8.88. The normalized spacial score (nSPS) is 12.6. The number of amides is 1. The minimum absolute atomic E-state index is 0.265. The molecule has 7 heteroatoms. The topological polar surface area (TPSA) is 78.2 Å². The van der Waals surface area contributed by atoms with Crippen LogP contribution in [0.15, 0.2) is 28.7 Å². The van der Waals surface area contributed by atoms with Crippen LogP contribution in [-0.2, 0) is 16.1 Å². The van der Waals surface area contributed by atoms with Crippen LogP contribution in [0.2, 0.25) is 0 Å². The molecule has 2 aromatic rings. The molecule has 1 aromatic carbocycles. The van der Waals surface area contributed by atoms with E-state index in [9.17, 15) is 9.59 Å². The number of carbonyl (C=O) groups is 2. The number of likely N-dealkylation sites (N-methyl/N-ethyl adjacent to an activating group) is 1. The van der Waals surface area contributed by atoms with Gasteiger partial charge in [0, 0.05) is 13.1 Å². The summed E-state index contributed by atoms with van der Waals surface area (Å²) in [5.41, 5.74) is 1.26. The molecule has 0 aliphatic carbocycles. The molecule has 0 N–H and O–H groups in total. The van der Waals surface area contributed by atoms with Crippen molar-refractivity contribution in [2.24, 2.45) is 0 Å². The van der Waals surface area contributed by atoms with Gasteiger partial charge in [0.1, 0.15) is 30.3 Å². The van der Waals surface area contributed by atoms with E-state index in [0.717, 1.165) is 5.56 Å². The second kappa shape index (κ2) is 8.16. The molecule has 0 saturated carbocycles. The van der Waals surface area contributed by atoms with Crippen molar-refractivity contribution in [1.29, 1.82) is 0 Å². The van der Waals surface area contributed by atoms with Gasteiger partial charge in [0.15, 0.2) is 18.1 Å². The van der Waals surface area contributed by atoms with Crippen LogP contribution in [0, 0.1) is 13.8 Å². The van der Waals surface area contributed by atoms with Crippen LogP contribution in [0.3, 0.4) is 0 Å². The summed E-state index contributed by atoms with van der Waals surface area (Å²) in [6, 6.07) is 7.21. The molecule has 1 amide bonds. The third kappa shape index (κ3) is 4.42. The minimum Gasteiger partial charge on any atom is -0.486 e. The molecule has 3 rings (SSSR count). The number of benzene rings is 1. The first kappa shape index (κ1) is 18.8. The van der Waals surface area contributed by atoms with Crippen molar-refractivity contribution >= 4 is 11.9 Å². The highest BCUT2D eigenvalue weighted by Gasteiger charge is 2.20. The van der Waals surface area contributed by atoms with E-state index in [1.54, 1.807) is 24.8 Å². The van der Waals surface area contributed by atoms with E-state index in [2.05, 4.69) is 0 Å². The Morgan fingerprint density at radius 2 is 1.85 bits per heavy atom. The lowest BCUT2D eigenvalue weighted by atomic mass is 10.1. The molecule has 0 fully saturated rings. The lowest BCUT2D eigenvalue weighted by Crippen LogP contribution is -2.34. The number of rotatable bonds is 6. The van der Waals surface area contributed by atoms with Crippen molar-refractivity contribution in [3.8, 4) is 11.5 Å². The van der Waals surface area contributed by atoms with Crippen molar-refractivity contribution in [3.63, 3.8) is 0 Å². The van der Waals surface area contributed by atoms with Crippen LogP contribution in [0.5, 0.6) is 11.5 Å². The van der Waals surface area contributed by atoms with Crippen LogP contribution >= 0.6 is 0 Å². The largest absolute Gasteiger partial charge is 0.486 e. The Kier molecular flexibility index (Phi) is 5.69. The van der Waals surface area contributed by atoms with Gasteiger partial charge < -0.3 is 23.5 Å². The molecule has 1 aromatic heterocycles. The minimum atomic E-state index is -0.562. The molecular formula is C20H23NO6. The zero-order valence-electron chi connectivity index (χ0n) is 15.7. The third-order valence-corrected chi connectivity index (χ3v) is 4.30. The predicted molar refractivity (Wildman–Crippen MR) is 97.0 cm³/mol. The maximum Gasteiger partial charge on any atom is 0.342 e. The van der Waals surface area contributed by atoms with Gasteiger partial charge in [-0.05, 0) is 44.5 Å². The van der Waals surface area contributed by atoms with Crippen molar-refractivity contribution in [2.45, 2.75) is 27.3 Å². The fraction of sp³-hybridized carbons (Fsp3) is 0.400. The van der Waals surface area contributed by atoms with Gasteiger partial charge in [0.05, 0.1) is 0 Å². The Balaban J connectivity index is 1.59. The Morgan fingerprint density at radius 3 is 2.52 bits per heavy atom. The molecule has 0 spiro atoms. The zero-order chi connectivity index (χ0) is 19.4. The Bertz CT molecular complexity index is 841. The van der Waals surface area contributed by atoms with E-state index in [1.807, 2.05) is 25.1 Å².